The number of benzene rings is 1. The number of rotatable bonds is 6. The van der Waals surface area contributed by atoms with Crippen molar-refractivity contribution in [1.29, 1.82) is 0 Å². The van der Waals surface area contributed by atoms with Crippen molar-refractivity contribution in [2.45, 2.75) is 13.8 Å². The summed E-state index contributed by atoms with van der Waals surface area (Å²) in [5, 5.41) is 7.06. The van der Waals surface area contributed by atoms with Gasteiger partial charge in [-0.25, -0.2) is 13.1 Å². The van der Waals surface area contributed by atoms with E-state index in [1.54, 1.807) is 6.08 Å². The van der Waals surface area contributed by atoms with Gasteiger partial charge in [0, 0.05) is 30.1 Å². The number of hydrogen-bond donors (Lipinski definition) is 1. The molecule has 128 valence electrons. The summed E-state index contributed by atoms with van der Waals surface area (Å²) in [7, 11) is -3.08. The van der Waals surface area contributed by atoms with Gasteiger partial charge in [0.1, 0.15) is 9.84 Å². The molecule has 1 heterocycles. The van der Waals surface area contributed by atoms with E-state index in [1.165, 1.54) is 6.08 Å². The van der Waals surface area contributed by atoms with Crippen molar-refractivity contribution in [3.8, 4) is 5.69 Å². The smallest absolute Gasteiger partial charge is 0.244 e. The summed E-state index contributed by atoms with van der Waals surface area (Å²) in [6, 6.07) is 9.75. The number of carbonyl (C=O) groups is 1. The van der Waals surface area contributed by atoms with Crippen LogP contribution in [-0.2, 0) is 14.6 Å². The fourth-order valence-electron chi connectivity index (χ4n) is 2.29. The van der Waals surface area contributed by atoms with Gasteiger partial charge in [-0.1, -0.05) is 18.2 Å². The lowest BCUT2D eigenvalue weighted by Gasteiger charge is -2.03. The third-order valence-electron chi connectivity index (χ3n) is 3.52. The second-order valence-corrected chi connectivity index (χ2v) is 7.85. The molecule has 0 unspecified atom stereocenters. The summed E-state index contributed by atoms with van der Waals surface area (Å²) in [4.78, 5) is 11.8. The van der Waals surface area contributed by atoms with Gasteiger partial charge in [0.15, 0.2) is 0 Å². The van der Waals surface area contributed by atoms with E-state index in [0.717, 1.165) is 28.9 Å². The Morgan fingerprint density at radius 3 is 2.54 bits per heavy atom. The summed E-state index contributed by atoms with van der Waals surface area (Å²) in [5.74, 6) is -0.402. The van der Waals surface area contributed by atoms with Crippen LogP contribution in [0.25, 0.3) is 11.8 Å². The third kappa shape index (κ3) is 4.79. The first-order chi connectivity index (χ1) is 11.3. The number of nitrogens with one attached hydrogen (secondary N) is 1. The normalized spacial score (nSPS) is 11.8. The van der Waals surface area contributed by atoms with Crippen LogP contribution in [-0.4, -0.2) is 42.7 Å². The Labute approximate surface area is 142 Å². The van der Waals surface area contributed by atoms with E-state index >= 15 is 0 Å². The average molecular weight is 347 g/mol. The highest BCUT2D eigenvalue weighted by molar-refractivity contribution is 7.90. The zero-order valence-electron chi connectivity index (χ0n) is 14.0. The SMILES string of the molecule is Cc1nn(-c2ccccc2)c(C)c1C=CC(=O)NCCS(C)(=O)=O. The van der Waals surface area contributed by atoms with Gasteiger partial charge >= 0.3 is 0 Å². The number of hydrogen-bond acceptors (Lipinski definition) is 4. The number of aryl methyl sites for hydroxylation is 1. The number of sulfone groups is 1. The van der Waals surface area contributed by atoms with Gasteiger partial charge in [0.05, 0.1) is 17.1 Å². The van der Waals surface area contributed by atoms with Crippen molar-refractivity contribution in [3.05, 3.63) is 53.4 Å². The van der Waals surface area contributed by atoms with Gasteiger partial charge in [-0.2, -0.15) is 5.10 Å². The Balaban J connectivity index is 2.10. The van der Waals surface area contributed by atoms with Gasteiger partial charge in [0.25, 0.3) is 0 Å². The highest BCUT2D eigenvalue weighted by Crippen LogP contribution is 2.18. The Morgan fingerprint density at radius 2 is 1.92 bits per heavy atom. The third-order valence-corrected chi connectivity index (χ3v) is 4.47. The van der Waals surface area contributed by atoms with Crippen molar-refractivity contribution >= 4 is 21.8 Å². The van der Waals surface area contributed by atoms with E-state index in [4.69, 9.17) is 0 Å². The van der Waals surface area contributed by atoms with Crippen LogP contribution in [0.15, 0.2) is 36.4 Å². The maximum Gasteiger partial charge on any atom is 0.244 e. The first kappa shape index (κ1) is 17.9. The van der Waals surface area contributed by atoms with Gasteiger partial charge in [-0.15, -0.1) is 0 Å². The molecule has 0 aliphatic carbocycles. The standard InChI is InChI=1S/C17H21N3O3S/c1-13-16(9-10-17(21)18-11-12-24(3,22)23)14(2)20(19-13)15-7-5-4-6-8-15/h4-10H,11-12H2,1-3H3,(H,18,21). The average Bonchev–Trinajstić information content (AvgIpc) is 2.79. The molecule has 24 heavy (non-hydrogen) atoms. The first-order valence-corrected chi connectivity index (χ1v) is 9.59. The lowest BCUT2D eigenvalue weighted by atomic mass is 10.2. The summed E-state index contributed by atoms with van der Waals surface area (Å²) in [6.07, 6.45) is 4.24. The molecule has 0 radical (unpaired) electrons. The van der Waals surface area contributed by atoms with Crippen LogP contribution < -0.4 is 5.32 Å². The molecule has 0 aliphatic heterocycles. The second-order valence-electron chi connectivity index (χ2n) is 5.59. The van der Waals surface area contributed by atoms with Crippen LogP contribution >= 0.6 is 0 Å². The van der Waals surface area contributed by atoms with Crippen LogP contribution in [0.5, 0.6) is 0 Å². The summed E-state index contributed by atoms with van der Waals surface area (Å²) >= 11 is 0. The van der Waals surface area contributed by atoms with Crippen molar-refractivity contribution in [1.82, 2.24) is 15.1 Å². The maximum absolute atomic E-state index is 11.8. The molecular formula is C17H21N3O3S. The Kier molecular flexibility index (Phi) is 5.56. The number of carbonyl (C=O) groups excluding carboxylic acids is 1. The number of para-hydroxylation sites is 1. The topological polar surface area (TPSA) is 81.1 Å². The molecule has 7 heteroatoms. The van der Waals surface area contributed by atoms with Crippen molar-refractivity contribution in [3.63, 3.8) is 0 Å². The van der Waals surface area contributed by atoms with Crippen molar-refractivity contribution in [2.24, 2.45) is 0 Å². The highest BCUT2D eigenvalue weighted by Gasteiger charge is 2.10. The minimum absolute atomic E-state index is 0.0728. The molecular weight excluding hydrogens is 326 g/mol. The summed E-state index contributed by atoms with van der Waals surface area (Å²) in [6.45, 7) is 3.92. The van der Waals surface area contributed by atoms with Crippen molar-refractivity contribution in [2.75, 3.05) is 18.6 Å². The van der Waals surface area contributed by atoms with E-state index in [9.17, 15) is 13.2 Å². The minimum atomic E-state index is -3.08. The second kappa shape index (κ2) is 7.44. The zero-order chi connectivity index (χ0) is 17.7. The molecule has 6 nitrogen and oxygen atoms in total. The number of amides is 1. The molecule has 0 saturated heterocycles. The van der Waals surface area contributed by atoms with Crippen molar-refractivity contribution < 1.29 is 13.2 Å². The van der Waals surface area contributed by atoms with Gasteiger partial charge in [0.2, 0.25) is 5.91 Å². The Morgan fingerprint density at radius 1 is 1.25 bits per heavy atom. The minimum Gasteiger partial charge on any atom is -0.352 e. The van der Waals surface area contributed by atoms with Crippen LogP contribution in [0, 0.1) is 13.8 Å². The molecule has 0 saturated carbocycles. The molecule has 0 atom stereocenters. The molecule has 0 aliphatic rings. The predicted molar refractivity (Wildman–Crippen MR) is 94.8 cm³/mol. The molecule has 1 amide bonds. The van der Waals surface area contributed by atoms with E-state index in [2.05, 4.69) is 10.4 Å². The fourth-order valence-corrected chi connectivity index (χ4v) is 2.77. The monoisotopic (exact) mass is 347 g/mol. The first-order valence-electron chi connectivity index (χ1n) is 7.53. The number of aromatic nitrogens is 2. The van der Waals surface area contributed by atoms with Crippen LogP contribution in [0.3, 0.4) is 0 Å². The molecule has 2 aromatic rings. The van der Waals surface area contributed by atoms with Crippen LogP contribution in [0.1, 0.15) is 17.0 Å². The lowest BCUT2D eigenvalue weighted by Crippen LogP contribution is -2.27. The predicted octanol–water partition coefficient (Wildman–Crippen LogP) is 1.66. The van der Waals surface area contributed by atoms with Gasteiger partial charge in [-0.3, -0.25) is 4.79 Å². The van der Waals surface area contributed by atoms with E-state index in [1.807, 2.05) is 48.9 Å². The van der Waals surface area contributed by atoms with Crippen LogP contribution in [0.2, 0.25) is 0 Å². The van der Waals surface area contributed by atoms with Gasteiger partial charge in [-0.05, 0) is 32.1 Å². The fraction of sp³-hybridized carbons (Fsp3) is 0.294. The quantitative estimate of drug-likeness (QED) is 0.806. The molecule has 2 rings (SSSR count). The molecule has 1 aromatic heterocycles. The van der Waals surface area contributed by atoms with E-state index < -0.39 is 9.84 Å². The molecule has 0 fully saturated rings. The Hall–Kier alpha value is -2.41. The molecule has 1 aromatic carbocycles. The van der Waals surface area contributed by atoms with E-state index in [0.29, 0.717) is 0 Å². The summed E-state index contributed by atoms with van der Waals surface area (Å²) < 4.78 is 23.9. The summed E-state index contributed by atoms with van der Waals surface area (Å²) in [5.41, 5.74) is 3.57. The van der Waals surface area contributed by atoms with E-state index in [-0.39, 0.29) is 18.2 Å². The Bertz CT molecular complexity index is 853. The highest BCUT2D eigenvalue weighted by atomic mass is 32.2. The molecule has 1 N–H and O–H groups in total. The number of nitrogens with zero attached hydrogens (tertiary/aromatic N) is 2. The van der Waals surface area contributed by atoms with Gasteiger partial charge < -0.3 is 5.32 Å². The maximum atomic E-state index is 11.8. The molecule has 0 bridgehead atoms. The lowest BCUT2D eigenvalue weighted by molar-refractivity contribution is -0.116. The molecule has 0 spiro atoms. The zero-order valence-corrected chi connectivity index (χ0v) is 14.8. The largest absolute Gasteiger partial charge is 0.352 e. The van der Waals surface area contributed by atoms with Crippen LogP contribution in [0.4, 0.5) is 0 Å².